The van der Waals surface area contributed by atoms with Gasteiger partial charge in [0, 0.05) is 32.5 Å². The van der Waals surface area contributed by atoms with E-state index < -0.39 is 6.10 Å². The van der Waals surface area contributed by atoms with Gasteiger partial charge in [0.15, 0.2) is 0 Å². The molecule has 0 radical (unpaired) electrons. The van der Waals surface area contributed by atoms with Gasteiger partial charge in [0.1, 0.15) is 0 Å². The van der Waals surface area contributed by atoms with E-state index in [0.717, 1.165) is 5.56 Å². The number of amides is 1. The molecule has 3 N–H and O–H groups in total. The third-order valence-corrected chi connectivity index (χ3v) is 2.55. The molecule has 0 aliphatic carbocycles. The Bertz CT molecular complexity index is 446. The van der Waals surface area contributed by atoms with Crippen LogP contribution in [-0.4, -0.2) is 49.3 Å². The fraction of sp³-hybridized carbons (Fsp3) is 0.357. The van der Waals surface area contributed by atoms with Gasteiger partial charge in [-0.3, -0.25) is 4.79 Å². The molecule has 0 heterocycles. The molecule has 0 aromatic heterocycles. The summed E-state index contributed by atoms with van der Waals surface area (Å²) in [5, 5.41) is 9.53. The summed E-state index contributed by atoms with van der Waals surface area (Å²) >= 11 is 0. The van der Waals surface area contributed by atoms with Crippen LogP contribution in [0.3, 0.4) is 0 Å². The molecule has 0 aliphatic rings. The number of aliphatic hydroxyl groups is 1. The first kappa shape index (κ1) is 15.2. The molecule has 1 unspecified atom stereocenters. The SMILES string of the molecule is COCC(O)CN(C)C(=O)/C=C/c1cccc(N)c1. The van der Waals surface area contributed by atoms with E-state index in [-0.39, 0.29) is 19.1 Å². The smallest absolute Gasteiger partial charge is 0.246 e. The summed E-state index contributed by atoms with van der Waals surface area (Å²) in [6.07, 6.45) is 2.46. The van der Waals surface area contributed by atoms with Gasteiger partial charge in [-0.1, -0.05) is 12.1 Å². The Morgan fingerprint density at radius 1 is 1.58 bits per heavy atom. The van der Waals surface area contributed by atoms with Crippen molar-refractivity contribution in [1.82, 2.24) is 4.90 Å². The number of nitrogen functional groups attached to an aromatic ring is 1. The topological polar surface area (TPSA) is 75.8 Å². The molecule has 0 bridgehead atoms. The molecule has 1 atom stereocenters. The molecular formula is C14H20N2O3. The second-order valence-corrected chi connectivity index (χ2v) is 4.33. The van der Waals surface area contributed by atoms with E-state index in [0.29, 0.717) is 5.69 Å². The van der Waals surface area contributed by atoms with Crippen molar-refractivity contribution in [1.29, 1.82) is 0 Å². The van der Waals surface area contributed by atoms with Crippen molar-refractivity contribution in [3.05, 3.63) is 35.9 Å². The first-order valence-corrected chi connectivity index (χ1v) is 5.98. The second kappa shape index (κ2) is 7.56. The van der Waals surface area contributed by atoms with E-state index in [2.05, 4.69) is 0 Å². The number of nitrogens with two attached hydrogens (primary N) is 1. The molecule has 19 heavy (non-hydrogen) atoms. The van der Waals surface area contributed by atoms with E-state index in [1.54, 1.807) is 25.3 Å². The number of hydrogen-bond donors (Lipinski definition) is 2. The van der Waals surface area contributed by atoms with Gasteiger partial charge in [0.2, 0.25) is 5.91 Å². The van der Waals surface area contributed by atoms with Crippen molar-refractivity contribution in [3.63, 3.8) is 0 Å². The summed E-state index contributed by atoms with van der Waals surface area (Å²) in [5.41, 5.74) is 7.16. The fourth-order valence-electron chi connectivity index (χ4n) is 1.61. The Balaban J connectivity index is 2.54. The molecule has 1 aromatic rings. The van der Waals surface area contributed by atoms with Crippen molar-refractivity contribution in [2.24, 2.45) is 0 Å². The molecule has 0 saturated heterocycles. The Labute approximate surface area is 113 Å². The molecule has 1 aromatic carbocycles. The van der Waals surface area contributed by atoms with Gasteiger partial charge in [-0.15, -0.1) is 0 Å². The number of aliphatic hydroxyl groups excluding tert-OH is 1. The van der Waals surface area contributed by atoms with Crippen molar-refractivity contribution in [2.75, 3.05) is 33.0 Å². The minimum atomic E-state index is -0.681. The summed E-state index contributed by atoms with van der Waals surface area (Å²) in [4.78, 5) is 13.2. The Hall–Kier alpha value is -1.85. The second-order valence-electron chi connectivity index (χ2n) is 4.33. The van der Waals surface area contributed by atoms with Gasteiger partial charge in [-0.2, -0.15) is 0 Å². The molecule has 5 heteroatoms. The monoisotopic (exact) mass is 264 g/mol. The van der Waals surface area contributed by atoms with Gasteiger partial charge in [-0.25, -0.2) is 0 Å². The maximum absolute atomic E-state index is 11.8. The molecule has 0 spiro atoms. The van der Waals surface area contributed by atoms with E-state index in [1.807, 2.05) is 12.1 Å². The number of methoxy groups -OCH3 is 1. The Kier molecular flexibility index (Phi) is 6.05. The standard InChI is InChI=1S/C14H20N2O3/c1-16(9-13(17)10-19-2)14(18)7-6-11-4-3-5-12(15)8-11/h3-8,13,17H,9-10,15H2,1-2H3/b7-6+. The van der Waals surface area contributed by atoms with Crippen molar-refractivity contribution in [3.8, 4) is 0 Å². The Morgan fingerprint density at radius 2 is 2.32 bits per heavy atom. The highest BCUT2D eigenvalue weighted by atomic mass is 16.5. The van der Waals surface area contributed by atoms with Crippen LogP contribution in [0, 0.1) is 0 Å². The minimum absolute atomic E-state index is 0.183. The summed E-state index contributed by atoms with van der Waals surface area (Å²) in [5.74, 6) is -0.183. The maximum Gasteiger partial charge on any atom is 0.246 e. The Morgan fingerprint density at radius 3 is 2.95 bits per heavy atom. The molecule has 1 amide bonds. The van der Waals surface area contributed by atoms with Gasteiger partial charge in [0.25, 0.3) is 0 Å². The predicted molar refractivity (Wildman–Crippen MR) is 75.4 cm³/mol. The quantitative estimate of drug-likeness (QED) is 0.587. The highest BCUT2D eigenvalue weighted by Crippen LogP contribution is 2.08. The fourth-order valence-corrected chi connectivity index (χ4v) is 1.61. The van der Waals surface area contributed by atoms with Crippen LogP contribution in [0.25, 0.3) is 6.08 Å². The number of carbonyl (C=O) groups is 1. The average molecular weight is 264 g/mol. The number of rotatable bonds is 6. The van der Waals surface area contributed by atoms with Gasteiger partial charge in [0.05, 0.1) is 12.7 Å². The third kappa shape index (κ3) is 5.54. The lowest BCUT2D eigenvalue weighted by Crippen LogP contribution is -2.35. The van der Waals surface area contributed by atoms with Crippen LogP contribution in [0.4, 0.5) is 5.69 Å². The number of anilines is 1. The van der Waals surface area contributed by atoms with Crippen molar-refractivity contribution >= 4 is 17.7 Å². The van der Waals surface area contributed by atoms with Crippen LogP contribution in [0.2, 0.25) is 0 Å². The summed E-state index contributed by atoms with van der Waals surface area (Å²) in [6.45, 7) is 0.435. The van der Waals surface area contributed by atoms with Gasteiger partial charge in [-0.05, 0) is 23.8 Å². The molecule has 0 aliphatic heterocycles. The molecule has 5 nitrogen and oxygen atoms in total. The zero-order valence-electron chi connectivity index (χ0n) is 11.2. The summed E-state index contributed by atoms with van der Waals surface area (Å²) in [6, 6.07) is 7.25. The molecule has 0 fully saturated rings. The number of carbonyl (C=O) groups excluding carboxylic acids is 1. The third-order valence-electron chi connectivity index (χ3n) is 2.55. The van der Waals surface area contributed by atoms with E-state index in [1.165, 1.54) is 18.1 Å². The van der Waals surface area contributed by atoms with Crippen LogP contribution in [-0.2, 0) is 9.53 Å². The highest BCUT2D eigenvalue weighted by molar-refractivity contribution is 5.91. The molecular weight excluding hydrogens is 244 g/mol. The first-order valence-electron chi connectivity index (χ1n) is 5.98. The maximum atomic E-state index is 11.8. The van der Waals surface area contributed by atoms with Crippen LogP contribution in [0.1, 0.15) is 5.56 Å². The van der Waals surface area contributed by atoms with Gasteiger partial charge >= 0.3 is 0 Å². The lowest BCUT2D eigenvalue weighted by atomic mass is 10.2. The molecule has 0 saturated carbocycles. The number of nitrogens with zero attached hydrogens (tertiary/aromatic N) is 1. The van der Waals surface area contributed by atoms with Crippen LogP contribution in [0.5, 0.6) is 0 Å². The zero-order chi connectivity index (χ0) is 14.3. The lowest BCUT2D eigenvalue weighted by Gasteiger charge is -2.18. The van der Waals surface area contributed by atoms with Crippen LogP contribution >= 0.6 is 0 Å². The van der Waals surface area contributed by atoms with Crippen molar-refractivity contribution < 1.29 is 14.6 Å². The van der Waals surface area contributed by atoms with Crippen molar-refractivity contribution in [2.45, 2.75) is 6.10 Å². The molecule has 104 valence electrons. The normalized spacial score (nSPS) is 12.6. The minimum Gasteiger partial charge on any atom is -0.399 e. The predicted octanol–water partition coefficient (Wildman–Crippen LogP) is 0.748. The lowest BCUT2D eigenvalue weighted by molar-refractivity contribution is -0.126. The van der Waals surface area contributed by atoms with E-state index in [9.17, 15) is 9.90 Å². The zero-order valence-corrected chi connectivity index (χ0v) is 11.2. The molecule has 1 rings (SSSR count). The largest absolute Gasteiger partial charge is 0.399 e. The number of hydrogen-bond acceptors (Lipinski definition) is 4. The summed E-state index contributed by atoms with van der Waals surface area (Å²) in [7, 11) is 3.13. The number of likely N-dealkylation sites (N-methyl/N-ethyl adjacent to an activating group) is 1. The number of benzene rings is 1. The van der Waals surface area contributed by atoms with Gasteiger partial charge < -0.3 is 20.5 Å². The van der Waals surface area contributed by atoms with E-state index in [4.69, 9.17) is 10.5 Å². The summed E-state index contributed by atoms with van der Waals surface area (Å²) < 4.78 is 4.81. The average Bonchev–Trinajstić information content (AvgIpc) is 2.36. The van der Waals surface area contributed by atoms with Crippen LogP contribution < -0.4 is 5.73 Å². The van der Waals surface area contributed by atoms with E-state index >= 15 is 0 Å². The number of ether oxygens (including phenoxy) is 1. The highest BCUT2D eigenvalue weighted by Gasteiger charge is 2.10. The van der Waals surface area contributed by atoms with Crippen LogP contribution in [0.15, 0.2) is 30.3 Å². The first-order chi connectivity index (χ1) is 9.02.